The van der Waals surface area contributed by atoms with Gasteiger partial charge in [0.15, 0.2) is 0 Å². The summed E-state index contributed by atoms with van der Waals surface area (Å²) >= 11 is 0. The summed E-state index contributed by atoms with van der Waals surface area (Å²) in [4.78, 5) is 12.0. The van der Waals surface area contributed by atoms with E-state index in [2.05, 4.69) is 63.3 Å². The standard InChI is InChI=1S/C20H25NO/c1-13(2)15-7-6-8-16(9-15)18-10-17(14(3)4)11-19(12-18)20(22)21-5/h6-14H,1-5H3,(H,21,22). The molecule has 2 nitrogen and oxygen atoms in total. The highest BCUT2D eigenvalue weighted by Gasteiger charge is 2.11. The number of carbonyl (C=O) groups excluding carboxylic acids is 1. The van der Waals surface area contributed by atoms with Crippen LogP contribution in [0, 0.1) is 0 Å². The van der Waals surface area contributed by atoms with Gasteiger partial charge in [-0.05, 0) is 46.2 Å². The SMILES string of the molecule is CNC(=O)c1cc(-c2cccc(C(C)C)c2)cc(C(C)C)c1. The largest absolute Gasteiger partial charge is 0.355 e. The molecule has 0 radical (unpaired) electrons. The molecule has 0 bridgehead atoms. The molecule has 0 aliphatic carbocycles. The monoisotopic (exact) mass is 295 g/mol. The van der Waals surface area contributed by atoms with Crippen LogP contribution in [0.1, 0.15) is 61.0 Å². The second-order valence-electron chi connectivity index (χ2n) is 6.36. The number of hydrogen-bond donors (Lipinski definition) is 1. The molecule has 0 fully saturated rings. The van der Waals surface area contributed by atoms with E-state index >= 15 is 0 Å². The van der Waals surface area contributed by atoms with Crippen molar-refractivity contribution in [3.8, 4) is 11.1 Å². The van der Waals surface area contributed by atoms with E-state index < -0.39 is 0 Å². The first-order valence-electron chi connectivity index (χ1n) is 7.89. The van der Waals surface area contributed by atoms with Crippen LogP contribution < -0.4 is 5.32 Å². The molecule has 0 saturated carbocycles. The van der Waals surface area contributed by atoms with Gasteiger partial charge in [-0.2, -0.15) is 0 Å². The Labute approximate surface area is 133 Å². The molecule has 0 aromatic heterocycles. The van der Waals surface area contributed by atoms with Crippen molar-refractivity contribution in [2.75, 3.05) is 7.05 Å². The Balaban J connectivity index is 2.56. The Hall–Kier alpha value is -2.09. The molecule has 0 spiro atoms. The van der Waals surface area contributed by atoms with E-state index in [1.165, 1.54) is 16.7 Å². The Morgan fingerprint density at radius 3 is 2.09 bits per heavy atom. The van der Waals surface area contributed by atoms with E-state index in [0.29, 0.717) is 11.8 Å². The van der Waals surface area contributed by atoms with Gasteiger partial charge in [0.2, 0.25) is 0 Å². The second kappa shape index (κ2) is 6.78. The zero-order chi connectivity index (χ0) is 16.3. The Morgan fingerprint density at radius 1 is 0.864 bits per heavy atom. The number of hydrogen-bond acceptors (Lipinski definition) is 1. The molecule has 2 aromatic carbocycles. The molecule has 0 aliphatic rings. The van der Waals surface area contributed by atoms with Crippen molar-refractivity contribution in [2.24, 2.45) is 0 Å². The number of nitrogens with one attached hydrogen (secondary N) is 1. The number of benzene rings is 2. The lowest BCUT2D eigenvalue weighted by Gasteiger charge is -2.13. The van der Waals surface area contributed by atoms with Crippen LogP contribution in [0.4, 0.5) is 0 Å². The first kappa shape index (κ1) is 16.3. The van der Waals surface area contributed by atoms with E-state index in [0.717, 1.165) is 11.1 Å². The van der Waals surface area contributed by atoms with Crippen molar-refractivity contribution in [2.45, 2.75) is 39.5 Å². The summed E-state index contributed by atoms with van der Waals surface area (Å²) in [7, 11) is 1.67. The molecule has 22 heavy (non-hydrogen) atoms. The highest BCUT2D eigenvalue weighted by atomic mass is 16.1. The molecule has 2 rings (SSSR count). The third-order valence-electron chi connectivity index (χ3n) is 4.00. The van der Waals surface area contributed by atoms with Gasteiger partial charge in [-0.1, -0.05) is 58.0 Å². The topological polar surface area (TPSA) is 29.1 Å². The van der Waals surface area contributed by atoms with Crippen molar-refractivity contribution in [1.82, 2.24) is 5.32 Å². The average Bonchev–Trinajstić information content (AvgIpc) is 2.53. The minimum atomic E-state index is -0.0382. The van der Waals surface area contributed by atoms with Crippen LogP contribution >= 0.6 is 0 Å². The van der Waals surface area contributed by atoms with Gasteiger partial charge in [0.05, 0.1) is 0 Å². The molecule has 2 heteroatoms. The maximum absolute atomic E-state index is 12.0. The summed E-state index contributed by atoms with van der Waals surface area (Å²) in [5.74, 6) is 0.840. The lowest BCUT2D eigenvalue weighted by atomic mass is 9.92. The van der Waals surface area contributed by atoms with Gasteiger partial charge in [0.25, 0.3) is 5.91 Å². The highest BCUT2D eigenvalue weighted by molar-refractivity contribution is 5.95. The van der Waals surface area contributed by atoms with Crippen LogP contribution in [-0.2, 0) is 0 Å². The molecular weight excluding hydrogens is 270 g/mol. The molecule has 0 heterocycles. The van der Waals surface area contributed by atoms with E-state index in [1.807, 2.05) is 12.1 Å². The summed E-state index contributed by atoms with van der Waals surface area (Å²) < 4.78 is 0. The summed E-state index contributed by atoms with van der Waals surface area (Å²) in [5.41, 5.74) is 5.49. The van der Waals surface area contributed by atoms with Crippen molar-refractivity contribution in [3.05, 3.63) is 59.2 Å². The zero-order valence-electron chi connectivity index (χ0n) is 14.1. The van der Waals surface area contributed by atoms with Crippen molar-refractivity contribution in [1.29, 1.82) is 0 Å². The average molecular weight is 295 g/mol. The summed E-state index contributed by atoms with van der Waals surface area (Å²) in [6.07, 6.45) is 0. The van der Waals surface area contributed by atoms with Gasteiger partial charge in [-0.3, -0.25) is 4.79 Å². The Bertz CT molecular complexity index is 671. The van der Waals surface area contributed by atoms with Crippen molar-refractivity contribution < 1.29 is 4.79 Å². The van der Waals surface area contributed by atoms with Gasteiger partial charge in [-0.25, -0.2) is 0 Å². The molecule has 0 aliphatic heterocycles. The van der Waals surface area contributed by atoms with Gasteiger partial charge >= 0.3 is 0 Å². The van der Waals surface area contributed by atoms with Crippen LogP contribution in [-0.4, -0.2) is 13.0 Å². The first-order valence-corrected chi connectivity index (χ1v) is 7.89. The third kappa shape index (κ3) is 3.56. The van der Waals surface area contributed by atoms with Crippen LogP contribution in [0.25, 0.3) is 11.1 Å². The van der Waals surface area contributed by atoms with Gasteiger partial charge in [0, 0.05) is 12.6 Å². The van der Waals surface area contributed by atoms with Gasteiger partial charge < -0.3 is 5.32 Å². The minimum Gasteiger partial charge on any atom is -0.355 e. The van der Waals surface area contributed by atoms with E-state index in [9.17, 15) is 4.79 Å². The van der Waals surface area contributed by atoms with Crippen LogP contribution in [0.15, 0.2) is 42.5 Å². The molecular formula is C20H25NO. The fourth-order valence-corrected chi connectivity index (χ4v) is 2.50. The molecule has 1 N–H and O–H groups in total. The lowest BCUT2D eigenvalue weighted by molar-refractivity contribution is 0.0963. The maximum Gasteiger partial charge on any atom is 0.251 e. The normalized spacial score (nSPS) is 11.0. The third-order valence-corrected chi connectivity index (χ3v) is 4.00. The van der Waals surface area contributed by atoms with E-state index in [1.54, 1.807) is 7.05 Å². The summed E-state index contributed by atoms with van der Waals surface area (Å²) in [6, 6.07) is 14.7. The summed E-state index contributed by atoms with van der Waals surface area (Å²) in [5, 5.41) is 2.72. The van der Waals surface area contributed by atoms with E-state index in [-0.39, 0.29) is 5.91 Å². The molecule has 1 amide bonds. The first-order chi connectivity index (χ1) is 10.4. The van der Waals surface area contributed by atoms with Gasteiger partial charge in [-0.15, -0.1) is 0 Å². The minimum absolute atomic E-state index is 0.0382. The number of rotatable bonds is 4. The predicted molar refractivity (Wildman–Crippen MR) is 93.4 cm³/mol. The number of carbonyl (C=O) groups is 1. The molecule has 0 unspecified atom stereocenters. The van der Waals surface area contributed by atoms with Crippen LogP contribution in [0.5, 0.6) is 0 Å². The predicted octanol–water partition coefficient (Wildman–Crippen LogP) is 4.96. The Kier molecular flexibility index (Phi) is 5.02. The molecule has 0 atom stereocenters. The van der Waals surface area contributed by atoms with Crippen molar-refractivity contribution in [3.63, 3.8) is 0 Å². The Morgan fingerprint density at radius 2 is 1.50 bits per heavy atom. The smallest absolute Gasteiger partial charge is 0.251 e. The quantitative estimate of drug-likeness (QED) is 0.848. The van der Waals surface area contributed by atoms with Crippen LogP contribution in [0.2, 0.25) is 0 Å². The molecule has 2 aromatic rings. The fourth-order valence-electron chi connectivity index (χ4n) is 2.50. The fraction of sp³-hybridized carbons (Fsp3) is 0.350. The highest BCUT2D eigenvalue weighted by Crippen LogP contribution is 2.28. The zero-order valence-corrected chi connectivity index (χ0v) is 14.1. The van der Waals surface area contributed by atoms with Crippen LogP contribution in [0.3, 0.4) is 0 Å². The van der Waals surface area contributed by atoms with Crippen molar-refractivity contribution >= 4 is 5.91 Å². The van der Waals surface area contributed by atoms with E-state index in [4.69, 9.17) is 0 Å². The molecule has 0 saturated heterocycles. The maximum atomic E-state index is 12.0. The molecule has 116 valence electrons. The second-order valence-corrected chi connectivity index (χ2v) is 6.36. The number of amides is 1. The summed E-state index contributed by atoms with van der Waals surface area (Å²) in [6.45, 7) is 8.69. The van der Waals surface area contributed by atoms with Gasteiger partial charge in [0.1, 0.15) is 0 Å². The lowest BCUT2D eigenvalue weighted by Crippen LogP contribution is -2.18.